The van der Waals surface area contributed by atoms with Gasteiger partial charge in [0.1, 0.15) is 5.60 Å². The normalized spacial score (nSPS) is 14.9. The highest BCUT2D eigenvalue weighted by molar-refractivity contribution is 5.71. The fourth-order valence-electron chi connectivity index (χ4n) is 0.910. The number of aliphatic carboxylic acids is 1. The monoisotopic (exact) mass is 247 g/mol. The van der Waals surface area contributed by atoms with Gasteiger partial charge in [-0.25, -0.2) is 9.59 Å². The van der Waals surface area contributed by atoms with E-state index in [0.717, 1.165) is 0 Å². The van der Waals surface area contributed by atoms with Crippen LogP contribution in [-0.2, 0) is 14.3 Å². The van der Waals surface area contributed by atoms with Crippen LogP contribution < -0.4 is 5.32 Å². The lowest BCUT2D eigenvalue weighted by Crippen LogP contribution is -2.40. The average Bonchev–Trinajstić information content (AvgIpc) is 2.10. The van der Waals surface area contributed by atoms with Crippen molar-refractivity contribution in [3.05, 3.63) is 0 Å². The Labute approximate surface area is 101 Å². The van der Waals surface area contributed by atoms with Gasteiger partial charge in [-0.2, -0.15) is 0 Å². The molecule has 0 aromatic carbocycles. The van der Waals surface area contributed by atoms with Gasteiger partial charge < -0.3 is 19.9 Å². The summed E-state index contributed by atoms with van der Waals surface area (Å²) >= 11 is 0. The first-order valence-electron chi connectivity index (χ1n) is 5.45. The summed E-state index contributed by atoms with van der Waals surface area (Å²) in [5.41, 5.74) is -0.557. The van der Waals surface area contributed by atoms with Gasteiger partial charge in [0, 0.05) is 0 Å². The van der Waals surface area contributed by atoms with Crippen molar-refractivity contribution in [2.45, 2.75) is 52.4 Å². The van der Waals surface area contributed by atoms with Crippen LogP contribution >= 0.6 is 0 Å². The molecule has 6 heteroatoms. The smallest absolute Gasteiger partial charge is 0.407 e. The maximum Gasteiger partial charge on any atom is 0.407 e. The molecule has 100 valence electrons. The summed E-state index contributed by atoms with van der Waals surface area (Å²) in [6, 6.07) is -0.313. The Bertz CT molecular complexity index is 272. The van der Waals surface area contributed by atoms with Gasteiger partial charge in [0.25, 0.3) is 0 Å². The fourth-order valence-corrected chi connectivity index (χ4v) is 0.910. The largest absolute Gasteiger partial charge is 0.479 e. The highest BCUT2D eigenvalue weighted by Gasteiger charge is 2.18. The molecular weight excluding hydrogens is 226 g/mol. The molecule has 0 aliphatic rings. The second-order valence-electron chi connectivity index (χ2n) is 4.86. The zero-order chi connectivity index (χ0) is 13.6. The molecule has 0 aliphatic heterocycles. The van der Waals surface area contributed by atoms with Crippen LogP contribution in [0.3, 0.4) is 0 Å². The van der Waals surface area contributed by atoms with Crippen LogP contribution in [-0.4, -0.2) is 41.5 Å². The number of amides is 1. The van der Waals surface area contributed by atoms with Crippen molar-refractivity contribution in [1.82, 2.24) is 5.32 Å². The topological polar surface area (TPSA) is 84.9 Å². The van der Waals surface area contributed by atoms with E-state index in [0.29, 0.717) is 0 Å². The first-order chi connectivity index (χ1) is 7.61. The third kappa shape index (κ3) is 8.50. The molecule has 0 unspecified atom stereocenters. The minimum Gasteiger partial charge on any atom is -0.479 e. The zero-order valence-electron chi connectivity index (χ0n) is 10.9. The molecule has 0 bridgehead atoms. The fraction of sp³-hybridized carbons (Fsp3) is 0.818. The Morgan fingerprint density at radius 2 is 1.82 bits per heavy atom. The van der Waals surface area contributed by atoms with Crippen molar-refractivity contribution in [2.24, 2.45) is 0 Å². The van der Waals surface area contributed by atoms with Crippen LogP contribution in [0.15, 0.2) is 0 Å². The van der Waals surface area contributed by atoms with Crippen molar-refractivity contribution in [1.29, 1.82) is 0 Å². The summed E-state index contributed by atoms with van der Waals surface area (Å²) in [5, 5.41) is 11.1. The number of ether oxygens (including phenoxy) is 2. The summed E-state index contributed by atoms with van der Waals surface area (Å²) in [5.74, 6) is -1.03. The van der Waals surface area contributed by atoms with Crippen LogP contribution in [0.1, 0.15) is 34.6 Å². The molecule has 0 aliphatic carbocycles. The van der Waals surface area contributed by atoms with E-state index in [-0.39, 0.29) is 12.6 Å². The van der Waals surface area contributed by atoms with Crippen LogP contribution in [0, 0.1) is 0 Å². The Morgan fingerprint density at radius 1 is 1.29 bits per heavy atom. The molecule has 0 saturated carbocycles. The zero-order valence-corrected chi connectivity index (χ0v) is 10.9. The number of carbonyl (C=O) groups excluding carboxylic acids is 1. The quantitative estimate of drug-likeness (QED) is 0.766. The van der Waals surface area contributed by atoms with Crippen molar-refractivity contribution in [3.8, 4) is 0 Å². The van der Waals surface area contributed by atoms with E-state index in [1.54, 1.807) is 27.7 Å². The molecule has 0 saturated heterocycles. The molecule has 6 nitrogen and oxygen atoms in total. The van der Waals surface area contributed by atoms with Gasteiger partial charge >= 0.3 is 12.1 Å². The number of carboxylic acid groups (broad SMARTS) is 1. The molecule has 0 aromatic rings. The van der Waals surface area contributed by atoms with Gasteiger partial charge in [0.05, 0.1) is 12.6 Å². The molecular formula is C11H21NO5. The van der Waals surface area contributed by atoms with E-state index in [4.69, 9.17) is 14.6 Å². The lowest BCUT2D eigenvalue weighted by atomic mass is 10.2. The average molecular weight is 247 g/mol. The molecule has 0 radical (unpaired) electrons. The third-order valence-electron chi connectivity index (χ3n) is 1.71. The van der Waals surface area contributed by atoms with E-state index < -0.39 is 23.8 Å². The molecule has 0 rings (SSSR count). The van der Waals surface area contributed by atoms with Crippen molar-refractivity contribution in [2.75, 3.05) is 6.61 Å². The minimum atomic E-state index is -1.03. The Hall–Kier alpha value is -1.30. The molecule has 0 spiro atoms. The highest BCUT2D eigenvalue weighted by atomic mass is 16.6. The lowest BCUT2D eigenvalue weighted by molar-refractivity contribution is -0.149. The minimum absolute atomic E-state index is 0.118. The first kappa shape index (κ1) is 15.7. The van der Waals surface area contributed by atoms with Crippen LogP contribution in [0.25, 0.3) is 0 Å². The van der Waals surface area contributed by atoms with E-state index in [1.807, 2.05) is 0 Å². The number of carbonyl (C=O) groups is 2. The van der Waals surface area contributed by atoms with Crippen molar-refractivity contribution < 1.29 is 24.2 Å². The molecule has 0 aromatic heterocycles. The predicted octanol–water partition coefficient (Wildman–Crippen LogP) is 1.39. The van der Waals surface area contributed by atoms with Crippen LogP contribution in [0.5, 0.6) is 0 Å². The SMILES string of the molecule is C[C@@H](CO[C@H](C)C(=O)O)NC(=O)OC(C)(C)C. The van der Waals surface area contributed by atoms with E-state index in [9.17, 15) is 9.59 Å². The first-order valence-corrected chi connectivity index (χ1v) is 5.45. The summed E-state index contributed by atoms with van der Waals surface area (Å²) in [7, 11) is 0. The number of hydrogen-bond acceptors (Lipinski definition) is 4. The summed E-state index contributed by atoms with van der Waals surface area (Å²) < 4.78 is 10.1. The van der Waals surface area contributed by atoms with Gasteiger partial charge in [-0.05, 0) is 34.6 Å². The Kier molecular flexibility index (Phi) is 5.95. The molecule has 2 N–H and O–H groups in total. The number of nitrogens with one attached hydrogen (secondary N) is 1. The lowest BCUT2D eigenvalue weighted by Gasteiger charge is -2.22. The maximum atomic E-state index is 11.3. The molecule has 2 atom stereocenters. The molecule has 0 fully saturated rings. The number of alkyl carbamates (subject to hydrolysis) is 1. The van der Waals surface area contributed by atoms with Crippen molar-refractivity contribution >= 4 is 12.1 Å². The Balaban J connectivity index is 3.90. The predicted molar refractivity (Wildman–Crippen MR) is 61.9 cm³/mol. The van der Waals surface area contributed by atoms with Gasteiger partial charge in [-0.3, -0.25) is 0 Å². The van der Waals surface area contributed by atoms with Gasteiger partial charge in [0.15, 0.2) is 6.10 Å². The summed E-state index contributed by atoms with van der Waals surface area (Å²) in [6.45, 7) is 8.55. The van der Waals surface area contributed by atoms with Crippen LogP contribution in [0.4, 0.5) is 4.79 Å². The number of rotatable bonds is 5. The standard InChI is InChI=1S/C11H21NO5/c1-7(6-16-8(2)9(13)14)12-10(15)17-11(3,4)5/h7-8H,6H2,1-5H3,(H,12,15)(H,13,14)/t7-,8+/m0/s1. The van der Waals surface area contributed by atoms with E-state index in [1.165, 1.54) is 6.92 Å². The Morgan fingerprint density at radius 3 is 2.24 bits per heavy atom. The number of hydrogen-bond donors (Lipinski definition) is 2. The second-order valence-corrected chi connectivity index (χ2v) is 4.86. The van der Waals surface area contributed by atoms with Gasteiger partial charge in [-0.1, -0.05) is 0 Å². The van der Waals surface area contributed by atoms with Crippen molar-refractivity contribution in [3.63, 3.8) is 0 Å². The molecule has 17 heavy (non-hydrogen) atoms. The molecule has 0 heterocycles. The highest BCUT2D eigenvalue weighted by Crippen LogP contribution is 2.06. The summed E-state index contributed by atoms with van der Waals surface area (Å²) in [4.78, 5) is 21.8. The van der Waals surface area contributed by atoms with Gasteiger partial charge in [-0.15, -0.1) is 0 Å². The summed E-state index contributed by atoms with van der Waals surface area (Å²) in [6.07, 6.45) is -1.44. The maximum absolute atomic E-state index is 11.3. The second kappa shape index (κ2) is 6.44. The third-order valence-corrected chi connectivity index (χ3v) is 1.71. The molecule has 1 amide bonds. The van der Waals surface area contributed by atoms with Crippen LogP contribution in [0.2, 0.25) is 0 Å². The van der Waals surface area contributed by atoms with Gasteiger partial charge in [0.2, 0.25) is 0 Å². The number of carboxylic acids is 1. The van der Waals surface area contributed by atoms with E-state index in [2.05, 4.69) is 5.32 Å². The van der Waals surface area contributed by atoms with E-state index >= 15 is 0 Å².